The minimum absolute atomic E-state index is 0.210. The van der Waals surface area contributed by atoms with Crippen molar-refractivity contribution >= 4 is 11.3 Å². The summed E-state index contributed by atoms with van der Waals surface area (Å²) in [5.74, 6) is 0. The van der Waals surface area contributed by atoms with Crippen LogP contribution < -0.4 is 11.1 Å². The number of rotatable bonds is 3. The Kier molecular flexibility index (Phi) is 3.35. The largest absolute Gasteiger partial charge is 0.323 e. The van der Waals surface area contributed by atoms with Gasteiger partial charge >= 0.3 is 0 Å². The lowest BCUT2D eigenvalue weighted by Gasteiger charge is -2.18. The van der Waals surface area contributed by atoms with E-state index in [0.717, 1.165) is 25.9 Å². The monoisotopic (exact) mass is 208 g/mol. The highest BCUT2D eigenvalue weighted by Crippen LogP contribution is 2.15. The Morgan fingerprint density at radius 2 is 2.43 bits per heavy atom. The van der Waals surface area contributed by atoms with E-state index in [1.54, 1.807) is 0 Å². The molecular weight excluding hydrogens is 192 g/mol. The van der Waals surface area contributed by atoms with Crippen LogP contribution in [0.15, 0.2) is 29.2 Å². The first-order valence-corrected chi connectivity index (χ1v) is 5.91. The second-order valence-corrected chi connectivity index (χ2v) is 4.73. The number of aryl methyl sites for hydroxylation is 1. The Labute approximate surface area is 88.8 Å². The Morgan fingerprint density at radius 1 is 1.50 bits per heavy atom. The molecule has 1 unspecified atom stereocenters. The molecule has 0 bridgehead atoms. The minimum Gasteiger partial charge on any atom is -0.323 e. The Morgan fingerprint density at radius 3 is 3.14 bits per heavy atom. The van der Waals surface area contributed by atoms with Gasteiger partial charge in [0.25, 0.3) is 0 Å². The van der Waals surface area contributed by atoms with E-state index in [-0.39, 0.29) is 6.04 Å². The average molecular weight is 208 g/mol. The van der Waals surface area contributed by atoms with Crippen LogP contribution in [0.3, 0.4) is 0 Å². The molecule has 3 N–H and O–H groups in total. The summed E-state index contributed by atoms with van der Waals surface area (Å²) in [6, 6.07) is 4.52. The van der Waals surface area contributed by atoms with Gasteiger partial charge in [0.2, 0.25) is 0 Å². The van der Waals surface area contributed by atoms with E-state index in [1.807, 2.05) is 11.3 Å². The van der Waals surface area contributed by atoms with E-state index in [4.69, 9.17) is 5.73 Å². The fourth-order valence-electron chi connectivity index (χ4n) is 1.73. The number of nitrogens with one attached hydrogen (secondary N) is 1. The second-order valence-electron chi connectivity index (χ2n) is 3.70. The third-order valence-electron chi connectivity index (χ3n) is 2.45. The molecule has 1 aromatic heterocycles. The highest BCUT2D eigenvalue weighted by Gasteiger charge is 2.08. The SMILES string of the molecule is NC1C=C(CCc2cccs2)CNC1. The quantitative estimate of drug-likeness (QED) is 0.739. The van der Waals surface area contributed by atoms with E-state index in [1.165, 1.54) is 10.5 Å². The molecule has 1 aliphatic heterocycles. The predicted octanol–water partition coefficient (Wildman–Crippen LogP) is 1.54. The van der Waals surface area contributed by atoms with Crippen molar-refractivity contribution in [3.05, 3.63) is 34.0 Å². The van der Waals surface area contributed by atoms with Gasteiger partial charge in [0, 0.05) is 24.0 Å². The van der Waals surface area contributed by atoms with Crippen LogP contribution in [0, 0.1) is 0 Å². The first-order valence-electron chi connectivity index (χ1n) is 5.03. The number of hydrogen-bond acceptors (Lipinski definition) is 3. The fraction of sp³-hybridized carbons (Fsp3) is 0.455. The molecule has 0 fully saturated rings. The zero-order chi connectivity index (χ0) is 9.80. The summed E-state index contributed by atoms with van der Waals surface area (Å²) in [5, 5.41) is 5.46. The van der Waals surface area contributed by atoms with Crippen molar-refractivity contribution in [2.45, 2.75) is 18.9 Å². The number of hydrogen-bond donors (Lipinski definition) is 2. The normalized spacial score (nSPS) is 22.1. The van der Waals surface area contributed by atoms with Crippen molar-refractivity contribution in [3.8, 4) is 0 Å². The first-order chi connectivity index (χ1) is 6.84. The summed E-state index contributed by atoms with van der Waals surface area (Å²) >= 11 is 1.83. The molecule has 3 heteroatoms. The van der Waals surface area contributed by atoms with Gasteiger partial charge < -0.3 is 11.1 Å². The second kappa shape index (κ2) is 4.73. The van der Waals surface area contributed by atoms with Crippen LogP contribution in [-0.4, -0.2) is 19.1 Å². The van der Waals surface area contributed by atoms with E-state index < -0.39 is 0 Å². The van der Waals surface area contributed by atoms with Crippen molar-refractivity contribution < 1.29 is 0 Å². The van der Waals surface area contributed by atoms with E-state index >= 15 is 0 Å². The summed E-state index contributed by atoms with van der Waals surface area (Å²) < 4.78 is 0. The van der Waals surface area contributed by atoms with Gasteiger partial charge in [-0.05, 0) is 24.3 Å². The molecule has 1 aromatic rings. The Hall–Kier alpha value is -0.640. The molecule has 1 aliphatic rings. The van der Waals surface area contributed by atoms with Gasteiger partial charge in [0.05, 0.1) is 0 Å². The first kappa shape index (κ1) is 9.90. The summed E-state index contributed by atoms with van der Waals surface area (Å²) in [6.07, 6.45) is 4.50. The van der Waals surface area contributed by atoms with Crippen molar-refractivity contribution in [2.75, 3.05) is 13.1 Å². The van der Waals surface area contributed by atoms with Crippen molar-refractivity contribution in [2.24, 2.45) is 5.73 Å². The van der Waals surface area contributed by atoms with Crippen LogP contribution >= 0.6 is 11.3 Å². The number of thiophene rings is 1. The van der Waals surface area contributed by atoms with E-state index in [2.05, 4.69) is 28.9 Å². The van der Waals surface area contributed by atoms with Crippen LogP contribution in [-0.2, 0) is 6.42 Å². The molecule has 0 radical (unpaired) electrons. The molecule has 0 aromatic carbocycles. The molecule has 0 spiro atoms. The summed E-state index contributed by atoms with van der Waals surface area (Å²) in [5.41, 5.74) is 7.29. The van der Waals surface area contributed by atoms with Gasteiger partial charge in [0.15, 0.2) is 0 Å². The Balaban J connectivity index is 1.86. The maximum absolute atomic E-state index is 5.84. The zero-order valence-corrected chi connectivity index (χ0v) is 9.02. The number of nitrogens with two attached hydrogens (primary N) is 1. The van der Waals surface area contributed by atoms with E-state index in [0.29, 0.717) is 0 Å². The predicted molar refractivity (Wildman–Crippen MR) is 61.6 cm³/mol. The van der Waals surface area contributed by atoms with Crippen LogP contribution in [0.25, 0.3) is 0 Å². The molecule has 14 heavy (non-hydrogen) atoms. The van der Waals surface area contributed by atoms with Crippen LogP contribution in [0.1, 0.15) is 11.3 Å². The zero-order valence-electron chi connectivity index (χ0n) is 8.20. The van der Waals surface area contributed by atoms with Gasteiger partial charge in [-0.2, -0.15) is 0 Å². The molecule has 2 rings (SSSR count). The van der Waals surface area contributed by atoms with Gasteiger partial charge in [-0.3, -0.25) is 0 Å². The lowest BCUT2D eigenvalue weighted by molar-refractivity contribution is 0.619. The third kappa shape index (κ3) is 2.67. The van der Waals surface area contributed by atoms with Gasteiger partial charge in [-0.15, -0.1) is 11.3 Å². The van der Waals surface area contributed by atoms with E-state index in [9.17, 15) is 0 Å². The highest BCUT2D eigenvalue weighted by molar-refractivity contribution is 7.09. The fourth-order valence-corrected chi connectivity index (χ4v) is 2.44. The molecule has 0 saturated heterocycles. The standard InChI is InChI=1S/C11H16N2S/c12-10-6-9(7-13-8-10)3-4-11-2-1-5-14-11/h1-2,5-6,10,13H,3-4,7-8,12H2. The molecule has 76 valence electrons. The van der Waals surface area contributed by atoms with Gasteiger partial charge in [-0.1, -0.05) is 17.7 Å². The minimum atomic E-state index is 0.210. The maximum Gasteiger partial charge on any atom is 0.0354 e. The molecule has 2 nitrogen and oxygen atoms in total. The van der Waals surface area contributed by atoms with Gasteiger partial charge in [0.1, 0.15) is 0 Å². The topological polar surface area (TPSA) is 38.0 Å². The molecular formula is C11H16N2S. The highest BCUT2D eigenvalue weighted by atomic mass is 32.1. The molecule has 0 aliphatic carbocycles. The van der Waals surface area contributed by atoms with Crippen LogP contribution in [0.4, 0.5) is 0 Å². The summed E-state index contributed by atoms with van der Waals surface area (Å²) in [4.78, 5) is 1.46. The van der Waals surface area contributed by atoms with Crippen molar-refractivity contribution in [1.82, 2.24) is 5.32 Å². The maximum atomic E-state index is 5.84. The van der Waals surface area contributed by atoms with Crippen molar-refractivity contribution in [3.63, 3.8) is 0 Å². The smallest absolute Gasteiger partial charge is 0.0354 e. The molecule has 0 saturated carbocycles. The summed E-state index contributed by atoms with van der Waals surface area (Å²) in [6.45, 7) is 1.93. The van der Waals surface area contributed by atoms with Crippen LogP contribution in [0.2, 0.25) is 0 Å². The van der Waals surface area contributed by atoms with Gasteiger partial charge in [-0.25, -0.2) is 0 Å². The molecule has 2 heterocycles. The van der Waals surface area contributed by atoms with Crippen LogP contribution in [0.5, 0.6) is 0 Å². The lowest BCUT2D eigenvalue weighted by atomic mass is 10.0. The third-order valence-corrected chi connectivity index (χ3v) is 3.39. The average Bonchev–Trinajstić information content (AvgIpc) is 2.67. The lowest BCUT2D eigenvalue weighted by Crippen LogP contribution is -2.37. The summed E-state index contributed by atoms with van der Waals surface area (Å²) in [7, 11) is 0. The Bertz CT molecular complexity index is 303. The molecule has 1 atom stereocenters. The molecule has 0 amide bonds. The van der Waals surface area contributed by atoms with Crippen molar-refractivity contribution in [1.29, 1.82) is 0 Å².